The van der Waals surface area contributed by atoms with Crippen LogP contribution in [-0.2, 0) is 9.59 Å². The Labute approximate surface area is 184 Å². The Morgan fingerprint density at radius 1 is 0.767 bits per heavy atom. The van der Waals surface area contributed by atoms with Gasteiger partial charge in [-0.15, -0.1) is 23.5 Å². The van der Waals surface area contributed by atoms with Crippen LogP contribution in [-0.4, -0.2) is 33.3 Å². The fourth-order valence-electron chi connectivity index (χ4n) is 2.81. The number of phenols is 2. The second-order valence-corrected chi connectivity index (χ2v) is 9.12. The van der Waals surface area contributed by atoms with Crippen molar-refractivity contribution in [2.45, 2.75) is 12.8 Å². The van der Waals surface area contributed by atoms with E-state index >= 15 is 0 Å². The molecule has 4 nitrogen and oxygen atoms in total. The van der Waals surface area contributed by atoms with Crippen molar-refractivity contribution in [3.8, 4) is 11.5 Å². The monoisotopic (exact) mass is 438 g/mol. The van der Waals surface area contributed by atoms with Gasteiger partial charge in [0, 0.05) is 0 Å². The highest BCUT2D eigenvalue weighted by Crippen LogP contribution is 2.37. The van der Waals surface area contributed by atoms with Crippen molar-refractivity contribution >= 4 is 47.2 Å². The number of rotatable bonds is 6. The number of carbonyl (C=O) groups is 2. The lowest BCUT2D eigenvalue weighted by Gasteiger charge is -2.08. The molecule has 2 N–H and O–H groups in total. The summed E-state index contributed by atoms with van der Waals surface area (Å²) in [6.07, 6.45) is 8.05. The van der Waals surface area contributed by atoms with Crippen LogP contribution in [0.15, 0.2) is 70.5 Å². The number of aromatic hydroxyl groups is 2. The molecule has 1 aliphatic heterocycles. The standard InChI is InChI=1S/C24H22O4S2/c25-19-7-3-5-17(15-19)9-11-21(27)23(24-29-13-1-2-14-30-24)22(28)12-10-18-6-4-8-20(26)16-18/h3-12,15-16,25-26H,1-2,13-14H2/b11-9+,12-10+. The van der Waals surface area contributed by atoms with Gasteiger partial charge in [-0.05, 0) is 71.9 Å². The van der Waals surface area contributed by atoms with Crippen molar-refractivity contribution < 1.29 is 19.8 Å². The van der Waals surface area contributed by atoms with Gasteiger partial charge in [-0.1, -0.05) is 36.4 Å². The quantitative estimate of drug-likeness (QED) is 0.356. The third kappa shape index (κ3) is 6.40. The summed E-state index contributed by atoms with van der Waals surface area (Å²) < 4.78 is 0.753. The van der Waals surface area contributed by atoms with Gasteiger partial charge in [0.2, 0.25) is 0 Å². The minimum atomic E-state index is -0.360. The van der Waals surface area contributed by atoms with Gasteiger partial charge in [-0.2, -0.15) is 0 Å². The molecule has 0 radical (unpaired) electrons. The maximum Gasteiger partial charge on any atom is 0.191 e. The van der Waals surface area contributed by atoms with E-state index in [4.69, 9.17) is 0 Å². The molecule has 0 atom stereocenters. The van der Waals surface area contributed by atoms with E-state index in [1.165, 1.54) is 12.2 Å². The molecule has 0 saturated carbocycles. The predicted molar refractivity (Wildman–Crippen MR) is 125 cm³/mol. The second-order valence-electron chi connectivity index (χ2n) is 6.65. The first-order valence-electron chi connectivity index (χ1n) is 9.56. The zero-order chi connectivity index (χ0) is 21.3. The maximum absolute atomic E-state index is 13.0. The number of hydrogen-bond acceptors (Lipinski definition) is 6. The molecule has 2 aromatic carbocycles. The molecule has 30 heavy (non-hydrogen) atoms. The molecule has 1 saturated heterocycles. The molecule has 0 aromatic heterocycles. The van der Waals surface area contributed by atoms with E-state index in [0.717, 1.165) is 28.6 Å². The van der Waals surface area contributed by atoms with E-state index < -0.39 is 0 Å². The third-order valence-electron chi connectivity index (χ3n) is 4.30. The number of thioether (sulfide) groups is 2. The first-order valence-corrected chi connectivity index (χ1v) is 11.5. The molecular formula is C24H22O4S2. The highest BCUT2D eigenvalue weighted by Gasteiger charge is 2.21. The van der Waals surface area contributed by atoms with Crippen LogP contribution in [0.5, 0.6) is 11.5 Å². The average Bonchev–Trinajstić information content (AvgIpc) is 3.00. The van der Waals surface area contributed by atoms with Crippen molar-refractivity contribution in [1.82, 2.24) is 0 Å². The Hall–Kier alpha value is -2.70. The summed E-state index contributed by atoms with van der Waals surface area (Å²) in [5.74, 6) is 1.26. The summed E-state index contributed by atoms with van der Waals surface area (Å²) in [5.41, 5.74) is 1.52. The lowest BCUT2D eigenvalue weighted by molar-refractivity contribution is -0.116. The predicted octanol–water partition coefficient (Wildman–Crippen LogP) is 5.43. The number of carbonyl (C=O) groups excluding carboxylic acids is 2. The van der Waals surface area contributed by atoms with Crippen LogP contribution < -0.4 is 0 Å². The highest BCUT2D eigenvalue weighted by atomic mass is 32.2. The van der Waals surface area contributed by atoms with Crippen LogP contribution in [0.3, 0.4) is 0 Å². The summed E-state index contributed by atoms with van der Waals surface area (Å²) in [6, 6.07) is 13.1. The Bertz CT molecular complexity index is 942. The van der Waals surface area contributed by atoms with Crippen LogP contribution in [0.25, 0.3) is 12.2 Å². The van der Waals surface area contributed by atoms with Gasteiger partial charge < -0.3 is 10.2 Å². The number of benzene rings is 2. The zero-order valence-corrected chi connectivity index (χ0v) is 17.9. The van der Waals surface area contributed by atoms with Gasteiger partial charge in [-0.25, -0.2) is 0 Å². The Morgan fingerprint density at radius 2 is 1.23 bits per heavy atom. The van der Waals surface area contributed by atoms with E-state index in [9.17, 15) is 19.8 Å². The van der Waals surface area contributed by atoms with E-state index in [2.05, 4.69) is 0 Å². The summed E-state index contributed by atoms with van der Waals surface area (Å²) in [5, 5.41) is 19.2. The Balaban J connectivity index is 1.89. The lowest BCUT2D eigenvalue weighted by Crippen LogP contribution is -2.10. The second kappa shape index (κ2) is 10.9. The summed E-state index contributed by atoms with van der Waals surface area (Å²) in [4.78, 5) is 26.0. The van der Waals surface area contributed by atoms with Gasteiger partial charge >= 0.3 is 0 Å². The van der Waals surface area contributed by atoms with Gasteiger partial charge in [0.1, 0.15) is 11.5 Å². The highest BCUT2D eigenvalue weighted by molar-refractivity contribution is 8.22. The molecule has 0 unspecified atom stereocenters. The minimum Gasteiger partial charge on any atom is -0.508 e. The first-order chi connectivity index (χ1) is 14.5. The van der Waals surface area contributed by atoms with Crippen LogP contribution in [0.2, 0.25) is 0 Å². The van der Waals surface area contributed by atoms with Gasteiger partial charge in [0.25, 0.3) is 0 Å². The zero-order valence-electron chi connectivity index (χ0n) is 16.3. The van der Waals surface area contributed by atoms with Crippen molar-refractivity contribution in [2.75, 3.05) is 11.5 Å². The molecule has 2 aromatic rings. The van der Waals surface area contributed by atoms with Crippen LogP contribution in [0.4, 0.5) is 0 Å². The molecular weight excluding hydrogens is 416 g/mol. The van der Waals surface area contributed by atoms with E-state index in [1.54, 1.807) is 84.2 Å². The molecule has 1 fully saturated rings. The largest absolute Gasteiger partial charge is 0.508 e. The van der Waals surface area contributed by atoms with Crippen LogP contribution >= 0.6 is 23.5 Å². The summed E-state index contributed by atoms with van der Waals surface area (Å²) >= 11 is 3.10. The fraction of sp³-hybridized carbons (Fsp3) is 0.167. The SMILES string of the molecule is O=C(/C=C/c1cccc(O)c1)C(C(=O)/C=C/c1cccc(O)c1)=C1SCCCCS1. The Morgan fingerprint density at radius 3 is 1.67 bits per heavy atom. The van der Waals surface area contributed by atoms with Crippen LogP contribution in [0.1, 0.15) is 24.0 Å². The number of hydrogen-bond donors (Lipinski definition) is 2. The minimum absolute atomic E-state index is 0.114. The van der Waals surface area contributed by atoms with E-state index in [-0.39, 0.29) is 28.6 Å². The lowest BCUT2D eigenvalue weighted by atomic mass is 10.1. The van der Waals surface area contributed by atoms with E-state index in [1.807, 2.05) is 0 Å². The van der Waals surface area contributed by atoms with Crippen molar-refractivity contribution in [3.63, 3.8) is 0 Å². The summed E-state index contributed by atoms with van der Waals surface area (Å²) in [7, 11) is 0. The Kier molecular flexibility index (Phi) is 7.99. The van der Waals surface area contributed by atoms with Gasteiger partial charge in [0.15, 0.2) is 11.6 Å². The maximum atomic E-state index is 13.0. The van der Waals surface area contributed by atoms with Crippen LogP contribution in [0, 0.1) is 0 Å². The molecule has 0 aliphatic carbocycles. The van der Waals surface area contributed by atoms with Crippen molar-refractivity contribution in [1.29, 1.82) is 0 Å². The fourth-order valence-corrected chi connectivity index (χ4v) is 5.40. The van der Waals surface area contributed by atoms with Gasteiger partial charge in [0.05, 0.1) is 9.81 Å². The average molecular weight is 439 g/mol. The molecule has 154 valence electrons. The molecule has 0 spiro atoms. The smallest absolute Gasteiger partial charge is 0.191 e. The van der Waals surface area contributed by atoms with Gasteiger partial charge in [-0.3, -0.25) is 9.59 Å². The number of ketones is 2. The third-order valence-corrected chi connectivity index (χ3v) is 6.92. The normalized spacial score (nSPS) is 14.7. The first kappa shape index (κ1) is 22.0. The molecule has 1 aliphatic rings. The molecule has 0 amide bonds. The molecule has 0 bridgehead atoms. The topological polar surface area (TPSA) is 74.6 Å². The molecule has 1 heterocycles. The molecule has 3 rings (SSSR count). The number of phenolic OH excluding ortho intramolecular Hbond substituents is 2. The summed E-state index contributed by atoms with van der Waals surface area (Å²) in [6.45, 7) is 0. The van der Waals surface area contributed by atoms with Crippen molar-refractivity contribution in [3.05, 3.63) is 81.6 Å². The van der Waals surface area contributed by atoms with Crippen molar-refractivity contribution in [2.24, 2.45) is 0 Å². The number of allylic oxidation sites excluding steroid dienone is 3. The molecule has 6 heteroatoms. The van der Waals surface area contributed by atoms with E-state index in [0.29, 0.717) is 11.1 Å².